The summed E-state index contributed by atoms with van der Waals surface area (Å²) < 4.78 is 14.2. The van der Waals surface area contributed by atoms with Crippen LogP contribution < -0.4 is 5.73 Å². The lowest BCUT2D eigenvalue weighted by molar-refractivity contribution is 0.244. The smallest absolute Gasteiger partial charge is 0.132 e. The van der Waals surface area contributed by atoms with E-state index in [1.165, 1.54) is 10.4 Å². The van der Waals surface area contributed by atoms with E-state index in [0.717, 1.165) is 25.1 Å². The Balaban J connectivity index is 1.76. The Morgan fingerprint density at radius 2 is 2.11 bits per heavy atom. The van der Waals surface area contributed by atoms with Gasteiger partial charge in [0.05, 0.1) is 0 Å². The summed E-state index contributed by atoms with van der Waals surface area (Å²) in [6.07, 6.45) is 1.07. The fourth-order valence-corrected chi connectivity index (χ4v) is 3.49. The Bertz CT molecular complexity index is 579. The van der Waals surface area contributed by atoms with E-state index in [2.05, 4.69) is 16.3 Å². The van der Waals surface area contributed by atoms with E-state index in [-0.39, 0.29) is 12.4 Å². The van der Waals surface area contributed by atoms with Gasteiger partial charge in [-0.15, -0.1) is 11.3 Å². The Morgan fingerprint density at radius 3 is 2.95 bits per heavy atom. The van der Waals surface area contributed by atoms with Crippen LogP contribution in [0.3, 0.4) is 0 Å². The van der Waals surface area contributed by atoms with Gasteiger partial charge in [0.25, 0.3) is 0 Å². The highest BCUT2D eigenvalue weighted by Crippen LogP contribution is 2.25. The van der Waals surface area contributed by atoms with Crippen molar-refractivity contribution in [3.63, 3.8) is 0 Å². The summed E-state index contributed by atoms with van der Waals surface area (Å²) in [6.45, 7) is 2.84. The van der Waals surface area contributed by atoms with E-state index in [4.69, 9.17) is 5.73 Å². The molecule has 0 spiro atoms. The van der Waals surface area contributed by atoms with E-state index in [1.807, 2.05) is 23.5 Å². The van der Waals surface area contributed by atoms with Crippen LogP contribution in [0.1, 0.15) is 21.6 Å². The number of hydrogen-bond donors (Lipinski definition) is 1. The number of hydrogen-bond acceptors (Lipinski definition) is 3. The summed E-state index contributed by atoms with van der Waals surface area (Å²) in [5.41, 5.74) is 8.30. The highest BCUT2D eigenvalue weighted by Gasteiger charge is 2.18. The van der Waals surface area contributed by atoms with Crippen LogP contribution in [0.25, 0.3) is 0 Å². The van der Waals surface area contributed by atoms with E-state index in [1.54, 1.807) is 6.07 Å². The first-order valence-corrected chi connectivity index (χ1v) is 7.40. The maximum absolute atomic E-state index is 14.2. The van der Waals surface area contributed by atoms with Crippen molar-refractivity contribution in [2.75, 3.05) is 6.54 Å². The molecule has 0 fully saturated rings. The minimum absolute atomic E-state index is 0.138. The molecule has 19 heavy (non-hydrogen) atoms. The second kappa shape index (κ2) is 5.41. The molecular weight excluding hydrogens is 259 g/mol. The van der Waals surface area contributed by atoms with Crippen LogP contribution in [0.2, 0.25) is 0 Å². The highest BCUT2D eigenvalue weighted by atomic mass is 32.1. The van der Waals surface area contributed by atoms with Crippen molar-refractivity contribution in [2.24, 2.45) is 5.73 Å². The molecule has 0 saturated carbocycles. The molecule has 2 heterocycles. The van der Waals surface area contributed by atoms with Gasteiger partial charge in [-0.05, 0) is 23.4 Å². The zero-order chi connectivity index (χ0) is 13.2. The predicted molar refractivity (Wildman–Crippen MR) is 76.4 cm³/mol. The number of nitrogens with two attached hydrogens (primary N) is 1. The molecule has 0 radical (unpaired) electrons. The number of thiophene rings is 1. The second-order valence-corrected chi connectivity index (χ2v) is 5.92. The SMILES string of the molecule is NCc1cccc(CN2CCc3sccc3C2)c1F. The predicted octanol–water partition coefficient (Wildman–Crippen LogP) is 2.90. The molecule has 0 aliphatic carbocycles. The molecule has 0 atom stereocenters. The van der Waals surface area contributed by atoms with E-state index < -0.39 is 0 Å². The highest BCUT2D eigenvalue weighted by molar-refractivity contribution is 7.10. The van der Waals surface area contributed by atoms with Gasteiger partial charge in [0.1, 0.15) is 5.82 Å². The summed E-state index contributed by atoms with van der Waals surface area (Å²) in [6, 6.07) is 7.68. The van der Waals surface area contributed by atoms with Gasteiger partial charge < -0.3 is 5.73 Å². The van der Waals surface area contributed by atoms with E-state index >= 15 is 0 Å². The Morgan fingerprint density at radius 1 is 1.26 bits per heavy atom. The number of halogens is 1. The summed E-state index contributed by atoms with van der Waals surface area (Å²) in [5.74, 6) is -0.138. The van der Waals surface area contributed by atoms with Crippen LogP contribution in [0, 0.1) is 5.82 Å². The zero-order valence-corrected chi connectivity index (χ0v) is 11.5. The van der Waals surface area contributed by atoms with Crippen molar-refractivity contribution in [1.82, 2.24) is 4.90 Å². The molecule has 2 N–H and O–H groups in total. The van der Waals surface area contributed by atoms with Crippen molar-refractivity contribution in [1.29, 1.82) is 0 Å². The third-order valence-corrected chi connectivity index (χ3v) is 4.68. The lowest BCUT2D eigenvalue weighted by atomic mass is 10.1. The topological polar surface area (TPSA) is 29.3 Å². The van der Waals surface area contributed by atoms with Crippen LogP contribution in [0.4, 0.5) is 4.39 Å². The Kier molecular flexibility index (Phi) is 3.64. The molecule has 0 unspecified atom stereocenters. The minimum atomic E-state index is -0.138. The average molecular weight is 276 g/mol. The van der Waals surface area contributed by atoms with Crippen LogP contribution in [-0.2, 0) is 26.1 Å². The van der Waals surface area contributed by atoms with Crippen molar-refractivity contribution >= 4 is 11.3 Å². The summed E-state index contributed by atoms with van der Waals surface area (Å²) in [4.78, 5) is 3.78. The van der Waals surface area contributed by atoms with Gasteiger partial charge in [0.15, 0.2) is 0 Å². The van der Waals surface area contributed by atoms with Crippen LogP contribution in [0.15, 0.2) is 29.6 Å². The number of fused-ring (bicyclic) bond motifs is 1. The van der Waals surface area contributed by atoms with Crippen molar-refractivity contribution in [2.45, 2.75) is 26.1 Å². The summed E-state index contributed by atoms with van der Waals surface area (Å²) >= 11 is 1.83. The fourth-order valence-electron chi connectivity index (χ4n) is 2.60. The monoisotopic (exact) mass is 276 g/mol. The first kappa shape index (κ1) is 12.8. The van der Waals surface area contributed by atoms with Gasteiger partial charge >= 0.3 is 0 Å². The molecule has 1 aromatic carbocycles. The Hall–Kier alpha value is -1.23. The molecule has 0 bridgehead atoms. The lowest BCUT2D eigenvalue weighted by Gasteiger charge is -2.27. The number of nitrogens with zero attached hydrogens (tertiary/aromatic N) is 1. The number of rotatable bonds is 3. The molecule has 1 aliphatic heterocycles. The summed E-state index contributed by atoms with van der Waals surface area (Å²) in [7, 11) is 0. The maximum atomic E-state index is 14.2. The molecule has 1 aliphatic rings. The van der Waals surface area contributed by atoms with E-state index in [0.29, 0.717) is 12.1 Å². The molecule has 2 nitrogen and oxygen atoms in total. The van der Waals surface area contributed by atoms with Gasteiger partial charge in [0.2, 0.25) is 0 Å². The van der Waals surface area contributed by atoms with Gasteiger partial charge in [0, 0.05) is 42.2 Å². The fraction of sp³-hybridized carbons (Fsp3) is 0.333. The maximum Gasteiger partial charge on any atom is 0.132 e. The molecule has 100 valence electrons. The third-order valence-electron chi connectivity index (χ3n) is 3.66. The normalized spacial score (nSPS) is 15.5. The van der Waals surface area contributed by atoms with E-state index in [9.17, 15) is 4.39 Å². The van der Waals surface area contributed by atoms with Crippen LogP contribution >= 0.6 is 11.3 Å². The molecule has 0 saturated heterocycles. The minimum Gasteiger partial charge on any atom is -0.326 e. The largest absolute Gasteiger partial charge is 0.326 e. The molecule has 2 aromatic rings. The van der Waals surface area contributed by atoms with Crippen LogP contribution in [-0.4, -0.2) is 11.4 Å². The lowest BCUT2D eigenvalue weighted by Crippen LogP contribution is -2.29. The van der Waals surface area contributed by atoms with Gasteiger partial charge in [-0.25, -0.2) is 4.39 Å². The van der Waals surface area contributed by atoms with Gasteiger partial charge in [-0.2, -0.15) is 0 Å². The zero-order valence-electron chi connectivity index (χ0n) is 10.7. The molecule has 3 rings (SSSR count). The van der Waals surface area contributed by atoms with Crippen molar-refractivity contribution in [3.05, 3.63) is 57.0 Å². The van der Waals surface area contributed by atoms with Gasteiger partial charge in [-0.3, -0.25) is 4.90 Å². The standard InChI is InChI=1S/C15H17FN2S/c16-15-11(8-17)2-1-3-13(15)10-18-6-4-14-12(9-18)5-7-19-14/h1-3,5,7H,4,6,8-10,17H2. The van der Waals surface area contributed by atoms with Crippen molar-refractivity contribution < 1.29 is 4.39 Å². The first-order valence-electron chi connectivity index (χ1n) is 6.52. The third kappa shape index (κ3) is 2.56. The van der Waals surface area contributed by atoms with Crippen molar-refractivity contribution in [3.8, 4) is 0 Å². The first-order chi connectivity index (χ1) is 9.28. The molecule has 1 aromatic heterocycles. The molecular formula is C15H17FN2S. The second-order valence-electron chi connectivity index (χ2n) is 4.92. The number of benzene rings is 1. The van der Waals surface area contributed by atoms with Crippen LogP contribution in [0.5, 0.6) is 0 Å². The summed E-state index contributed by atoms with van der Waals surface area (Å²) in [5, 5.41) is 2.14. The molecule has 0 amide bonds. The Labute approximate surface area is 116 Å². The quantitative estimate of drug-likeness (QED) is 0.934. The van der Waals surface area contributed by atoms with Gasteiger partial charge in [-0.1, -0.05) is 18.2 Å². The molecule has 4 heteroatoms. The average Bonchev–Trinajstić information content (AvgIpc) is 2.88.